The first-order valence-electron chi connectivity index (χ1n) is 9.90. The molecule has 142 valence electrons. The molecule has 2 aromatic rings. The number of benzene rings is 1. The summed E-state index contributed by atoms with van der Waals surface area (Å²) < 4.78 is 11.0. The summed E-state index contributed by atoms with van der Waals surface area (Å²) in [5, 5.41) is 11.7. The maximum absolute atomic E-state index is 11.7. The maximum atomic E-state index is 11.7. The van der Waals surface area contributed by atoms with Crippen LogP contribution in [0.4, 0.5) is 0 Å². The Bertz CT molecular complexity index is 825. The minimum absolute atomic E-state index is 0.231. The molecule has 1 N–H and O–H groups in total. The van der Waals surface area contributed by atoms with Crippen molar-refractivity contribution in [2.45, 2.75) is 38.3 Å². The van der Waals surface area contributed by atoms with E-state index in [-0.39, 0.29) is 11.8 Å². The van der Waals surface area contributed by atoms with Crippen molar-refractivity contribution in [1.82, 2.24) is 9.88 Å². The van der Waals surface area contributed by atoms with Gasteiger partial charge in [-0.3, -0.25) is 9.88 Å². The number of aryl methyl sites for hydroxylation is 1. The van der Waals surface area contributed by atoms with E-state index in [0.717, 1.165) is 49.7 Å². The van der Waals surface area contributed by atoms with Crippen LogP contribution in [-0.4, -0.2) is 34.9 Å². The van der Waals surface area contributed by atoms with Crippen LogP contribution < -0.4 is 9.47 Å². The number of hydrogen-bond donors (Lipinski definition) is 1. The summed E-state index contributed by atoms with van der Waals surface area (Å²) in [6, 6.07) is 10.1. The van der Waals surface area contributed by atoms with Gasteiger partial charge < -0.3 is 14.6 Å². The molecule has 1 aliphatic carbocycles. The summed E-state index contributed by atoms with van der Waals surface area (Å²) in [6.07, 6.45) is 5.10. The molecule has 0 spiro atoms. The molecule has 0 radical (unpaired) electrons. The topological polar surface area (TPSA) is 54.8 Å². The van der Waals surface area contributed by atoms with Gasteiger partial charge in [-0.15, -0.1) is 0 Å². The van der Waals surface area contributed by atoms with Crippen LogP contribution in [0.25, 0.3) is 0 Å². The van der Waals surface area contributed by atoms with Gasteiger partial charge in [0.25, 0.3) is 0 Å². The molecule has 0 amide bonds. The van der Waals surface area contributed by atoms with E-state index < -0.39 is 5.60 Å². The highest BCUT2D eigenvalue weighted by Gasteiger charge is 2.52. The molecule has 1 saturated heterocycles. The first-order chi connectivity index (χ1) is 13.1. The lowest BCUT2D eigenvalue weighted by atomic mass is 9.64. The van der Waals surface area contributed by atoms with Crippen molar-refractivity contribution in [1.29, 1.82) is 0 Å². The quantitative estimate of drug-likeness (QED) is 0.904. The Morgan fingerprint density at radius 3 is 2.59 bits per heavy atom. The van der Waals surface area contributed by atoms with Crippen LogP contribution in [0, 0.1) is 18.8 Å². The van der Waals surface area contributed by atoms with Crippen molar-refractivity contribution in [2.75, 3.05) is 19.9 Å². The Morgan fingerprint density at radius 2 is 1.89 bits per heavy atom. The van der Waals surface area contributed by atoms with E-state index in [0.29, 0.717) is 6.79 Å². The van der Waals surface area contributed by atoms with E-state index >= 15 is 0 Å². The van der Waals surface area contributed by atoms with Crippen molar-refractivity contribution < 1.29 is 14.6 Å². The van der Waals surface area contributed by atoms with Crippen molar-refractivity contribution >= 4 is 0 Å². The Labute approximate surface area is 159 Å². The molecule has 5 rings (SSSR count). The monoisotopic (exact) mass is 366 g/mol. The predicted octanol–water partition coefficient (Wildman–Crippen LogP) is 3.24. The summed E-state index contributed by atoms with van der Waals surface area (Å²) in [7, 11) is 0. The highest BCUT2D eigenvalue weighted by molar-refractivity contribution is 5.48. The molecule has 3 heterocycles. The van der Waals surface area contributed by atoms with Crippen LogP contribution in [0.5, 0.6) is 11.5 Å². The number of nitrogens with zero attached hydrogens (tertiary/aromatic N) is 2. The fourth-order valence-electron chi connectivity index (χ4n) is 5.19. The lowest BCUT2D eigenvalue weighted by molar-refractivity contribution is -0.151. The summed E-state index contributed by atoms with van der Waals surface area (Å²) in [4.78, 5) is 7.02. The van der Waals surface area contributed by atoms with E-state index in [4.69, 9.17) is 9.47 Å². The van der Waals surface area contributed by atoms with Crippen LogP contribution in [-0.2, 0) is 12.1 Å². The second kappa shape index (κ2) is 6.50. The van der Waals surface area contributed by atoms with Gasteiger partial charge in [-0.2, -0.15) is 0 Å². The molecular weight excluding hydrogens is 340 g/mol. The number of hydrogen-bond acceptors (Lipinski definition) is 5. The minimum Gasteiger partial charge on any atom is -0.454 e. The fraction of sp³-hybridized carbons (Fsp3) is 0.500. The van der Waals surface area contributed by atoms with Gasteiger partial charge in [0, 0.05) is 37.7 Å². The number of piperidine rings is 1. The molecule has 3 aliphatic rings. The van der Waals surface area contributed by atoms with Gasteiger partial charge >= 0.3 is 0 Å². The Kier molecular flexibility index (Phi) is 4.10. The SMILES string of the molecule is Cc1cc2c(cc1CN1C[C@@H]3CCC[C@@H](C1)C3(O)c1ccccn1)OCO2. The molecule has 27 heavy (non-hydrogen) atoms. The molecule has 2 fully saturated rings. The third-order valence-corrected chi connectivity index (χ3v) is 6.61. The lowest BCUT2D eigenvalue weighted by Crippen LogP contribution is -2.58. The summed E-state index contributed by atoms with van der Waals surface area (Å²) >= 11 is 0. The third kappa shape index (κ3) is 2.80. The highest BCUT2D eigenvalue weighted by atomic mass is 16.7. The first-order valence-corrected chi connectivity index (χ1v) is 9.90. The van der Waals surface area contributed by atoms with Crippen LogP contribution in [0.3, 0.4) is 0 Å². The van der Waals surface area contributed by atoms with Crippen molar-refractivity contribution in [3.63, 3.8) is 0 Å². The molecular formula is C22H26N2O3. The summed E-state index contributed by atoms with van der Waals surface area (Å²) in [6.45, 7) is 5.12. The number of aliphatic hydroxyl groups is 1. The maximum Gasteiger partial charge on any atom is 0.231 e. The Balaban J connectivity index is 1.39. The largest absolute Gasteiger partial charge is 0.454 e. The zero-order valence-corrected chi connectivity index (χ0v) is 15.7. The Hall–Kier alpha value is -2.11. The number of pyridine rings is 1. The van der Waals surface area contributed by atoms with Crippen LogP contribution in [0.1, 0.15) is 36.1 Å². The van der Waals surface area contributed by atoms with Gasteiger partial charge in [0.2, 0.25) is 6.79 Å². The van der Waals surface area contributed by atoms with E-state index in [9.17, 15) is 5.11 Å². The van der Waals surface area contributed by atoms with Crippen LogP contribution >= 0.6 is 0 Å². The number of aromatic nitrogens is 1. The second-order valence-electron chi connectivity index (χ2n) is 8.19. The highest BCUT2D eigenvalue weighted by Crippen LogP contribution is 2.49. The van der Waals surface area contributed by atoms with E-state index in [1.807, 2.05) is 18.2 Å². The normalized spacial score (nSPS) is 29.7. The van der Waals surface area contributed by atoms with Crippen molar-refractivity contribution in [2.24, 2.45) is 11.8 Å². The molecule has 5 nitrogen and oxygen atoms in total. The molecule has 1 aromatic carbocycles. The average molecular weight is 366 g/mol. The molecule has 1 saturated carbocycles. The molecule has 2 atom stereocenters. The predicted molar refractivity (Wildman–Crippen MR) is 102 cm³/mol. The van der Waals surface area contributed by atoms with E-state index in [1.165, 1.54) is 17.5 Å². The van der Waals surface area contributed by atoms with E-state index in [1.54, 1.807) is 6.20 Å². The fourth-order valence-corrected chi connectivity index (χ4v) is 5.19. The standard InChI is InChI=1S/C22H26N2O3/c1-15-9-19-20(27-14-26-19)10-16(15)11-24-12-17-5-4-6-18(13-24)22(17,25)21-7-2-3-8-23-21/h2-3,7-10,17-18,25H,4-6,11-14H2,1H3/t17-,18-/m0/s1. The molecule has 2 bridgehead atoms. The second-order valence-corrected chi connectivity index (χ2v) is 8.19. The third-order valence-electron chi connectivity index (χ3n) is 6.61. The molecule has 5 heteroatoms. The average Bonchev–Trinajstić information content (AvgIpc) is 3.10. The van der Waals surface area contributed by atoms with Gasteiger partial charge in [-0.1, -0.05) is 12.5 Å². The smallest absolute Gasteiger partial charge is 0.231 e. The van der Waals surface area contributed by atoms with Gasteiger partial charge in [-0.25, -0.2) is 0 Å². The lowest BCUT2D eigenvalue weighted by Gasteiger charge is -2.52. The number of likely N-dealkylation sites (tertiary alicyclic amines) is 1. The number of ether oxygens (including phenoxy) is 2. The number of fused-ring (bicyclic) bond motifs is 3. The van der Waals surface area contributed by atoms with Gasteiger partial charge in [0.05, 0.1) is 5.69 Å². The molecule has 2 aliphatic heterocycles. The first kappa shape index (κ1) is 17.0. The van der Waals surface area contributed by atoms with Gasteiger partial charge in [0.1, 0.15) is 5.60 Å². The van der Waals surface area contributed by atoms with Gasteiger partial charge in [-0.05, 0) is 55.2 Å². The zero-order valence-electron chi connectivity index (χ0n) is 15.7. The van der Waals surface area contributed by atoms with Crippen LogP contribution in [0.15, 0.2) is 36.5 Å². The summed E-state index contributed by atoms with van der Waals surface area (Å²) in [5.41, 5.74) is 2.56. The summed E-state index contributed by atoms with van der Waals surface area (Å²) in [5.74, 6) is 2.15. The van der Waals surface area contributed by atoms with Crippen molar-refractivity contribution in [3.05, 3.63) is 53.3 Å². The zero-order chi connectivity index (χ0) is 18.4. The Morgan fingerprint density at radius 1 is 1.15 bits per heavy atom. The molecule has 1 aromatic heterocycles. The van der Waals surface area contributed by atoms with Crippen molar-refractivity contribution in [3.8, 4) is 11.5 Å². The van der Waals surface area contributed by atoms with Crippen LogP contribution in [0.2, 0.25) is 0 Å². The van der Waals surface area contributed by atoms with Gasteiger partial charge in [0.15, 0.2) is 11.5 Å². The number of rotatable bonds is 3. The van der Waals surface area contributed by atoms with E-state index in [2.05, 4.69) is 28.9 Å². The minimum atomic E-state index is -0.792. The molecule has 0 unspecified atom stereocenters.